The van der Waals surface area contributed by atoms with Gasteiger partial charge in [-0.3, -0.25) is 4.79 Å². The van der Waals surface area contributed by atoms with E-state index in [0.29, 0.717) is 17.7 Å². The van der Waals surface area contributed by atoms with Gasteiger partial charge in [0.1, 0.15) is 5.75 Å². The molecule has 110 valence electrons. The number of unbranched alkanes of at least 4 members (excludes halogenated alkanes) is 4. The lowest BCUT2D eigenvalue weighted by molar-refractivity contribution is -0.121. The number of hydrogen-bond donors (Lipinski definition) is 2. The van der Waals surface area contributed by atoms with Crippen LogP contribution in [0.15, 0.2) is 29.4 Å². The van der Waals surface area contributed by atoms with E-state index in [4.69, 9.17) is 0 Å². The molecule has 1 aromatic rings. The van der Waals surface area contributed by atoms with Crippen molar-refractivity contribution in [3.05, 3.63) is 29.8 Å². The number of para-hydroxylation sites is 1. The normalized spacial score (nSPS) is 11.4. The SMILES string of the molecule is CCCCCCCC(=O)N/N=C(\C)c1ccccc1O. The minimum Gasteiger partial charge on any atom is -0.507 e. The van der Waals surface area contributed by atoms with E-state index >= 15 is 0 Å². The number of carbonyl (C=O) groups is 1. The van der Waals surface area contributed by atoms with E-state index in [0.717, 1.165) is 12.8 Å². The Labute approximate surface area is 120 Å². The molecule has 0 saturated heterocycles. The number of rotatable bonds is 8. The summed E-state index contributed by atoms with van der Waals surface area (Å²) >= 11 is 0. The molecule has 0 radical (unpaired) electrons. The molecule has 0 bridgehead atoms. The number of hydrogen-bond acceptors (Lipinski definition) is 3. The Balaban J connectivity index is 2.36. The predicted molar refractivity (Wildman–Crippen MR) is 81.8 cm³/mol. The topological polar surface area (TPSA) is 61.7 Å². The Morgan fingerprint density at radius 3 is 2.60 bits per heavy atom. The molecule has 1 amide bonds. The summed E-state index contributed by atoms with van der Waals surface area (Å²) < 4.78 is 0. The number of benzene rings is 1. The van der Waals surface area contributed by atoms with Crippen LogP contribution in [0.4, 0.5) is 0 Å². The van der Waals surface area contributed by atoms with E-state index in [2.05, 4.69) is 17.5 Å². The number of nitrogens with one attached hydrogen (secondary N) is 1. The molecule has 2 N–H and O–H groups in total. The highest BCUT2D eigenvalue weighted by Gasteiger charge is 2.04. The summed E-state index contributed by atoms with van der Waals surface area (Å²) in [6.45, 7) is 3.93. The second-order valence-electron chi connectivity index (χ2n) is 4.91. The van der Waals surface area contributed by atoms with Gasteiger partial charge in [-0.05, 0) is 25.5 Å². The molecule has 0 spiro atoms. The van der Waals surface area contributed by atoms with E-state index in [1.54, 1.807) is 25.1 Å². The molecule has 0 fully saturated rings. The maximum absolute atomic E-state index is 11.6. The van der Waals surface area contributed by atoms with E-state index in [1.165, 1.54) is 19.3 Å². The van der Waals surface area contributed by atoms with Gasteiger partial charge in [0.25, 0.3) is 0 Å². The first-order valence-electron chi connectivity index (χ1n) is 7.26. The van der Waals surface area contributed by atoms with Crippen molar-refractivity contribution in [2.75, 3.05) is 0 Å². The van der Waals surface area contributed by atoms with Gasteiger partial charge in [0.2, 0.25) is 5.91 Å². The van der Waals surface area contributed by atoms with Crippen LogP contribution in [0.2, 0.25) is 0 Å². The summed E-state index contributed by atoms with van der Waals surface area (Å²) in [5, 5.41) is 13.7. The molecule has 1 rings (SSSR count). The van der Waals surface area contributed by atoms with Crippen molar-refractivity contribution in [1.29, 1.82) is 0 Å². The first-order chi connectivity index (χ1) is 9.65. The highest BCUT2D eigenvalue weighted by atomic mass is 16.3. The lowest BCUT2D eigenvalue weighted by Crippen LogP contribution is -2.18. The zero-order valence-corrected chi connectivity index (χ0v) is 12.4. The fraction of sp³-hybridized carbons (Fsp3) is 0.500. The van der Waals surface area contributed by atoms with Gasteiger partial charge in [-0.1, -0.05) is 44.7 Å². The summed E-state index contributed by atoms with van der Waals surface area (Å²) in [5.41, 5.74) is 3.77. The molecule has 0 heterocycles. The molecule has 0 aromatic heterocycles. The second-order valence-corrected chi connectivity index (χ2v) is 4.91. The molecule has 0 aliphatic rings. The Hall–Kier alpha value is -1.84. The van der Waals surface area contributed by atoms with Gasteiger partial charge in [-0.15, -0.1) is 0 Å². The van der Waals surface area contributed by atoms with Crippen LogP contribution >= 0.6 is 0 Å². The van der Waals surface area contributed by atoms with Gasteiger partial charge in [0, 0.05) is 12.0 Å². The van der Waals surface area contributed by atoms with Crippen LogP contribution in [-0.2, 0) is 4.79 Å². The number of nitrogens with zero attached hydrogens (tertiary/aromatic N) is 1. The molecular weight excluding hydrogens is 252 g/mol. The van der Waals surface area contributed by atoms with Crippen LogP contribution < -0.4 is 5.43 Å². The quantitative estimate of drug-likeness (QED) is 0.433. The van der Waals surface area contributed by atoms with Crippen LogP contribution in [0.3, 0.4) is 0 Å². The van der Waals surface area contributed by atoms with Crippen LogP contribution in [0.25, 0.3) is 0 Å². The minimum atomic E-state index is -0.0729. The van der Waals surface area contributed by atoms with E-state index in [-0.39, 0.29) is 11.7 Å². The lowest BCUT2D eigenvalue weighted by atomic mass is 10.1. The molecule has 20 heavy (non-hydrogen) atoms. The van der Waals surface area contributed by atoms with E-state index in [9.17, 15) is 9.90 Å². The van der Waals surface area contributed by atoms with E-state index in [1.807, 2.05) is 6.07 Å². The number of phenolic OH excluding ortho intramolecular Hbond substituents is 1. The summed E-state index contributed by atoms with van der Waals surface area (Å²) in [6.07, 6.45) is 6.11. The molecule has 4 nitrogen and oxygen atoms in total. The number of phenols is 1. The Kier molecular flexibility index (Phi) is 7.40. The molecule has 1 aromatic carbocycles. The summed E-state index contributed by atoms with van der Waals surface area (Å²) in [4.78, 5) is 11.6. The number of hydrazone groups is 1. The molecule has 0 aliphatic heterocycles. The lowest BCUT2D eigenvalue weighted by Gasteiger charge is -2.04. The van der Waals surface area contributed by atoms with Gasteiger partial charge < -0.3 is 5.11 Å². The monoisotopic (exact) mass is 276 g/mol. The van der Waals surface area contributed by atoms with Crippen molar-refractivity contribution in [2.45, 2.75) is 52.4 Å². The fourth-order valence-corrected chi connectivity index (χ4v) is 1.93. The first-order valence-corrected chi connectivity index (χ1v) is 7.26. The van der Waals surface area contributed by atoms with Gasteiger partial charge in [0.15, 0.2) is 0 Å². The smallest absolute Gasteiger partial charge is 0.240 e. The van der Waals surface area contributed by atoms with Crippen molar-refractivity contribution >= 4 is 11.6 Å². The zero-order valence-electron chi connectivity index (χ0n) is 12.4. The molecular formula is C16H24N2O2. The van der Waals surface area contributed by atoms with Crippen LogP contribution in [0, 0.1) is 0 Å². The molecule has 0 unspecified atom stereocenters. The van der Waals surface area contributed by atoms with Crippen molar-refractivity contribution in [3.63, 3.8) is 0 Å². The van der Waals surface area contributed by atoms with E-state index < -0.39 is 0 Å². The largest absolute Gasteiger partial charge is 0.507 e. The van der Waals surface area contributed by atoms with Crippen molar-refractivity contribution in [3.8, 4) is 5.75 Å². The highest BCUT2D eigenvalue weighted by molar-refractivity contribution is 6.01. The average molecular weight is 276 g/mol. The van der Waals surface area contributed by atoms with Crippen LogP contribution in [0.1, 0.15) is 57.9 Å². The fourth-order valence-electron chi connectivity index (χ4n) is 1.93. The standard InChI is InChI=1S/C16H24N2O2/c1-3-4-5-6-7-12-16(20)18-17-13(2)14-10-8-9-11-15(14)19/h8-11,19H,3-7,12H2,1-2H3,(H,18,20)/b17-13+. The van der Waals surface area contributed by atoms with Crippen molar-refractivity contribution < 1.29 is 9.90 Å². The minimum absolute atomic E-state index is 0.0729. The average Bonchev–Trinajstić information content (AvgIpc) is 2.45. The number of aromatic hydroxyl groups is 1. The van der Waals surface area contributed by atoms with Crippen molar-refractivity contribution in [1.82, 2.24) is 5.43 Å². The maximum Gasteiger partial charge on any atom is 0.240 e. The summed E-state index contributed by atoms with van der Waals surface area (Å²) in [5.74, 6) is 0.0961. The van der Waals surface area contributed by atoms with Gasteiger partial charge in [0.05, 0.1) is 5.71 Å². The highest BCUT2D eigenvalue weighted by Crippen LogP contribution is 2.16. The number of carbonyl (C=O) groups excluding carboxylic acids is 1. The second kappa shape index (κ2) is 9.13. The molecule has 4 heteroatoms. The molecule has 0 aliphatic carbocycles. The third-order valence-electron chi connectivity index (χ3n) is 3.15. The van der Waals surface area contributed by atoms with Gasteiger partial charge in [-0.25, -0.2) is 5.43 Å². The molecule has 0 saturated carbocycles. The summed E-state index contributed by atoms with van der Waals surface area (Å²) in [6, 6.07) is 6.94. The summed E-state index contributed by atoms with van der Waals surface area (Å²) in [7, 11) is 0. The Morgan fingerprint density at radius 2 is 1.90 bits per heavy atom. The van der Waals surface area contributed by atoms with Gasteiger partial charge >= 0.3 is 0 Å². The van der Waals surface area contributed by atoms with Crippen LogP contribution in [-0.4, -0.2) is 16.7 Å². The Morgan fingerprint density at radius 1 is 1.20 bits per heavy atom. The zero-order chi connectivity index (χ0) is 14.8. The Bertz CT molecular complexity index is 456. The van der Waals surface area contributed by atoms with Crippen LogP contribution in [0.5, 0.6) is 5.75 Å². The number of amides is 1. The van der Waals surface area contributed by atoms with Gasteiger partial charge in [-0.2, -0.15) is 5.10 Å². The molecule has 0 atom stereocenters. The maximum atomic E-state index is 11.6. The third kappa shape index (κ3) is 5.87. The first kappa shape index (κ1) is 16.2. The third-order valence-corrected chi connectivity index (χ3v) is 3.15. The van der Waals surface area contributed by atoms with Crippen molar-refractivity contribution in [2.24, 2.45) is 5.10 Å². The predicted octanol–water partition coefficient (Wildman–Crippen LogP) is 3.59.